The van der Waals surface area contributed by atoms with Crippen LogP contribution in [0.15, 0.2) is 47.0 Å². The standard InChI is InChI=1S/C30H36BrN3O8/c1-4-18(16-35)34-26-28(38)33(19-9-11-20(40-3)12-10-19)13-7-5-6-8-22(36)32-15-17(2)41-29(39)23-24(27(34)37)30(26)14-21(31)25(23)42-30/h5,7,9-12,14,17-18,23-26,35H,4,6,8,13,15-16H2,1-3H3,(H,32,36)/b7-5-/t17-,18+,23+,24-,25+,26+,30-/m1/s1. The Morgan fingerprint density at radius 1 is 1.17 bits per heavy atom. The summed E-state index contributed by atoms with van der Waals surface area (Å²) >= 11 is 3.53. The Balaban J connectivity index is 1.64. The van der Waals surface area contributed by atoms with Crippen LogP contribution in [0.2, 0.25) is 0 Å². The van der Waals surface area contributed by atoms with E-state index in [2.05, 4.69) is 21.2 Å². The molecule has 2 saturated heterocycles. The van der Waals surface area contributed by atoms with E-state index in [9.17, 15) is 24.3 Å². The number of nitrogens with zero attached hydrogens (tertiary/aromatic N) is 2. The van der Waals surface area contributed by atoms with Crippen LogP contribution in [-0.2, 0) is 28.7 Å². The van der Waals surface area contributed by atoms with Gasteiger partial charge in [0.15, 0.2) is 0 Å². The number of aliphatic hydroxyl groups is 1. The first kappa shape index (κ1) is 30.2. The Hall–Kier alpha value is -3.22. The molecule has 1 aromatic carbocycles. The molecule has 0 radical (unpaired) electrons. The monoisotopic (exact) mass is 645 g/mol. The van der Waals surface area contributed by atoms with Crippen molar-refractivity contribution in [1.29, 1.82) is 0 Å². The average Bonchev–Trinajstić information content (AvgIpc) is 3.57. The number of methoxy groups -OCH3 is 1. The minimum atomic E-state index is -1.45. The highest BCUT2D eigenvalue weighted by Crippen LogP contribution is 2.59. The predicted molar refractivity (Wildman–Crippen MR) is 156 cm³/mol. The molecule has 0 aliphatic carbocycles. The summed E-state index contributed by atoms with van der Waals surface area (Å²) in [5.74, 6) is -3.14. The number of benzene rings is 1. The molecule has 2 N–H and O–H groups in total. The van der Waals surface area contributed by atoms with Crippen LogP contribution in [0.3, 0.4) is 0 Å². The number of ether oxygens (including phenoxy) is 3. The summed E-state index contributed by atoms with van der Waals surface area (Å²) < 4.78 is 18.1. The third-order valence-corrected chi connectivity index (χ3v) is 9.17. The zero-order valence-corrected chi connectivity index (χ0v) is 25.4. The van der Waals surface area contributed by atoms with Crippen LogP contribution < -0.4 is 15.0 Å². The highest BCUT2D eigenvalue weighted by Gasteiger charge is 2.75. The van der Waals surface area contributed by atoms with Crippen molar-refractivity contribution in [2.45, 2.75) is 63.0 Å². The largest absolute Gasteiger partial charge is 0.497 e. The number of rotatable bonds is 5. The number of allylic oxidation sites excluding steroid dienone is 1. The Morgan fingerprint density at radius 3 is 2.57 bits per heavy atom. The number of amides is 3. The van der Waals surface area contributed by atoms with Crippen LogP contribution >= 0.6 is 15.9 Å². The lowest BCUT2D eigenvalue weighted by molar-refractivity contribution is -0.159. The highest BCUT2D eigenvalue weighted by molar-refractivity contribution is 9.11. The second-order valence-corrected chi connectivity index (χ2v) is 11.9. The number of esters is 1. The van der Waals surface area contributed by atoms with Gasteiger partial charge in [-0.25, -0.2) is 0 Å². The first-order valence-electron chi connectivity index (χ1n) is 14.2. The molecule has 3 amide bonds. The maximum Gasteiger partial charge on any atom is 0.313 e. The van der Waals surface area contributed by atoms with E-state index in [1.54, 1.807) is 49.3 Å². The van der Waals surface area contributed by atoms with Crippen molar-refractivity contribution in [3.05, 3.63) is 47.0 Å². The van der Waals surface area contributed by atoms with Crippen LogP contribution in [0.5, 0.6) is 5.75 Å². The summed E-state index contributed by atoms with van der Waals surface area (Å²) in [6, 6.07) is 5.14. The Labute approximate surface area is 253 Å². The zero-order chi connectivity index (χ0) is 30.2. The normalized spacial score (nSPS) is 33.2. The van der Waals surface area contributed by atoms with Crippen molar-refractivity contribution in [2.24, 2.45) is 11.8 Å². The van der Waals surface area contributed by atoms with Gasteiger partial charge in [0.2, 0.25) is 11.8 Å². The number of anilines is 1. The highest BCUT2D eigenvalue weighted by atomic mass is 79.9. The first-order valence-corrected chi connectivity index (χ1v) is 15.0. The van der Waals surface area contributed by atoms with Gasteiger partial charge in [0.05, 0.1) is 32.2 Å². The number of carbonyl (C=O) groups is 4. The molecule has 226 valence electrons. The smallest absolute Gasteiger partial charge is 0.313 e. The Bertz CT molecular complexity index is 1300. The van der Waals surface area contributed by atoms with Crippen molar-refractivity contribution >= 4 is 45.3 Å². The van der Waals surface area contributed by atoms with Gasteiger partial charge in [-0.1, -0.05) is 35.0 Å². The van der Waals surface area contributed by atoms with E-state index in [-0.39, 0.29) is 32.0 Å². The molecule has 4 aliphatic heterocycles. The number of nitrogens with one attached hydrogen (secondary N) is 1. The number of fused-ring (bicyclic) bond motifs is 2. The topological polar surface area (TPSA) is 135 Å². The predicted octanol–water partition coefficient (Wildman–Crippen LogP) is 2.07. The molecule has 5 bridgehead atoms. The summed E-state index contributed by atoms with van der Waals surface area (Å²) in [6.07, 6.45) is 4.97. The van der Waals surface area contributed by atoms with Gasteiger partial charge < -0.3 is 34.4 Å². The van der Waals surface area contributed by atoms with E-state index in [0.29, 0.717) is 28.8 Å². The second-order valence-electron chi connectivity index (χ2n) is 11.0. The number of hydrogen-bond acceptors (Lipinski definition) is 8. The van der Waals surface area contributed by atoms with Gasteiger partial charge in [0.25, 0.3) is 5.91 Å². The molecule has 1 aromatic rings. The number of likely N-dealkylation sites (tertiary alicyclic amines) is 1. The molecule has 0 saturated carbocycles. The summed E-state index contributed by atoms with van der Waals surface area (Å²) in [5.41, 5.74) is -0.894. The van der Waals surface area contributed by atoms with Crippen LogP contribution in [0.1, 0.15) is 33.1 Å². The quantitative estimate of drug-likeness (QED) is 0.367. The van der Waals surface area contributed by atoms with Crippen molar-refractivity contribution in [1.82, 2.24) is 10.2 Å². The molecule has 7 atom stereocenters. The molecule has 2 fully saturated rings. The molecule has 42 heavy (non-hydrogen) atoms. The lowest BCUT2D eigenvalue weighted by atomic mass is 9.74. The van der Waals surface area contributed by atoms with Gasteiger partial charge in [0.1, 0.15) is 35.5 Å². The van der Waals surface area contributed by atoms with Gasteiger partial charge in [0, 0.05) is 23.1 Å². The van der Waals surface area contributed by atoms with Crippen LogP contribution in [0.25, 0.3) is 0 Å². The molecule has 5 rings (SSSR count). The number of halogens is 1. The van der Waals surface area contributed by atoms with E-state index in [1.165, 1.54) is 4.90 Å². The molecule has 4 aliphatic rings. The SMILES string of the molecule is CC[C@@H](CO)N1C(=O)[C@H]2[C@@H]3C(=O)O[C@H](C)CNC(=O)CC/C=C\CN(c4ccc(OC)cc4)C(=O)[C@H]1[C@@]21C=C(Br)[C@@H]3O1. The lowest BCUT2D eigenvalue weighted by Gasteiger charge is -2.38. The van der Waals surface area contributed by atoms with Crippen molar-refractivity contribution in [3.8, 4) is 5.75 Å². The number of aliphatic hydroxyl groups excluding tert-OH is 1. The van der Waals surface area contributed by atoms with E-state index in [4.69, 9.17) is 14.2 Å². The van der Waals surface area contributed by atoms with Crippen molar-refractivity contribution in [3.63, 3.8) is 0 Å². The van der Waals surface area contributed by atoms with Crippen molar-refractivity contribution < 1.29 is 38.5 Å². The molecular weight excluding hydrogens is 610 g/mol. The number of cyclic esters (lactones) is 1. The van der Waals surface area contributed by atoms with E-state index in [0.717, 1.165) is 0 Å². The summed E-state index contributed by atoms with van der Waals surface area (Å²) in [5, 5.41) is 13.1. The number of carbonyl (C=O) groups excluding carboxylic acids is 4. The minimum absolute atomic E-state index is 0.119. The summed E-state index contributed by atoms with van der Waals surface area (Å²) in [6.45, 7) is 3.40. The van der Waals surface area contributed by atoms with Gasteiger partial charge in [-0.2, -0.15) is 0 Å². The van der Waals surface area contributed by atoms with Crippen LogP contribution in [0.4, 0.5) is 5.69 Å². The molecular formula is C30H36BrN3O8. The van der Waals surface area contributed by atoms with Crippen molar-refractivity contribution in [2.75, 3.05) is 31.7 Å². The average molecular weight is 647 g/mol. The fourth-order valence-corrected chi connectivity index (χ4v) is 7.16. The minimum Gasteiger partial charge on any atom is -0.497 e. The summed E-state index contributed by atoms with van der Waals surface area (Å²) in [4.78, 5) is 58.0. The third kappa shape index (κ3) is 5.13. The zero-order valence-electron chi connectivity index (χ0n) is 23.8. The molecule has 11 nitrogen and oxygen atoms in total. The van der Waals surface area contributed by atoms with Gasteiger partial charge in [-0.05, 0) is 50.1 Å². The summed E-state index contributed by atoms with van der Waals surface area (Å²) in [7, 11) is 1.55. The first-order chi connectivity index (χ1) is 20.2. The second kappa shape index (κ2) is 12.2. The molecule has 12 heteroatoms. The van der Waals surface area contributed by atoms with Crippen LogP contribution in [-0.4, -0.2) is 90.4 Å². The van der Waals surface area contributed by atoms with E-state index < -0.39 is 59.5 Å². The van der Waals surface area contributed by atoms with E-state index >= 15 is 0 Å². The maximum absolute atomic E-state index is 14.7. The fourth-order valence-electron chi connectivity index (χ4n) is 6.42. The maximum atomic E-state index is 14.7. The van der Waals surface area contributed by atoms with Crippen LogP contribution in [0, 0.1) is 11.8 Å². The molecule has 1 spiro atoms. The third-order valence-electron chi connectivity index (χ3n) is 8.49. The van der Waals surface area contributed by atoms with Gasteiger partial charge in [-0.15, -0.1) is 0 Å². The Morgan fingerprint density at radius 2 is 1.90 bits per heavy atom. The molecule has 0 aromatic heterocycles. The number of hydrogen-bond donors (Lipinski definition) is 2. The van der Waals surface area contributed by atoms with E-state index in [1.807, 2.05) is 19.1 Å². The fraction of sp³-hybridized carbons (Fsp3) is 0.533. The molecule has 4 heterocycles. The Kier molecular flexibility index (Phi) is 8.77. The van der Waals surface area contributed by atoms with Gasteiger partial charge in [-0.3, -0.25) is 19.2 Å². The molecule has 0 unspecified atom stereocenters. The lowest BCUT2D eigenvalue weighted by Crippen LogP contribution is -2.58. The van der Waals surface area contributed by atoms with Gasteiger partial charge >= 0.3 is 5.97 Å².